The monoisotopic (exact) mass is 216 g/mol. The summed E-state index contributed by atoms with van der Waals surface area (Å²) >= 11 is 0. The van der Waals surface area contributed by atoms with Gasteiger partial charge in [-0.1, -0.05) is 0 Å². The van der Waals surface area contributed by atoms with Crippen molar-refractivity contribution in [2.75, 3.05) is 26.8 Å². The summed E-state index contributed by atoms with van der Waals surface area (Å²) in [7, 11) is 1.67. The van der Waals surface area contributed by atoms with E-state index < -0.39 is 0 Å². The predicted octanol–water partition coefficient (Wildman–Crippen LogP) is -0.748. The van der Waals surface area contributed by atoms with Gasteiger partial charge >= 0.3 is 0 Å². The van der Waals surface area contributed by atoms with Gasteiger partial charge < -0.3 is 20.5 Å². The highest BCUT2D eigenvalue weighted by atomic mass is 16.5. The molecule has 2 atom stereocenters. The SMILES string of the molecule is COCCCCNC(=O)C1CC(O)CN1. The Bertz CT molecular complexity index is 199. The normalized spacial score (nSPS) is 25.5. The molecule has 5 heteroatoms. The summed E-state index contributed by atoms with van der Waals surface area (Å²) < 4.78 is 4.90. The second kappa shape index (κ2) is 6.76. The lowest BCUT2D eigenvalue weighted by Gasteiger charge is -2.10. The predicted molar refractivity (Wildman–Crippen MR) is 56.5 cm³/mol. The Hall–Kier alpha value is -0.650. The van der Waals surface area contributed by atoms with Crippen LogP contribution in [0.5, 0.6) is 0 Å². The standard InChI is InChI=1S/C10H20N2O3/c1-15-5-3-2-4-11-10(14)9-6-8(13)7-12-9/h8-9,12-13H,2-7H2,1H3,(H,11,14). The molecule has 88 valence electrons. The van der Waals surface area contributed by atoms with Gasteiger partial charge in [0.05, 0.1) is 12.1 Å². The van der Waals surface area contributed by atoms with E-state index in [1.807, 2.05) is 0 Å². The lowest BCUT2D eigenvalue weighted by atomic mass is 10.2. The number of amides is 1. The van der Waals surface area contributed by atoms with Crippen molar-refractivity contribution in [3.05, 3.63) is 0 Å². The van der Waals surface area contributed by atoms with Gasteiger partial charge in [-0.2, -0.15) is 0 Å². The maximum atomic E-state index is 11.5. The first-order chi connectivity index (χ1) is 7.24. The van der Waals surface area contributed by atoms with E-state index in [0.29, 0.717) is 19.5 Å². The van der Waals surface area contributed by atoms with Gasteiger partial charge in [0, 0.05) is 26.8 Å². The Morgan fingerprint density at radius 1 is 1.60 bits per heavy atom. The summed E-state index contributed by atoms with van der Waals surface area (Å²) in [5, 5.41) is 15.0. The van der Waals surface area contributed by atoms with Gasteiger partial charge in [0.15, 0.2) is 0 Å². The zero-order valence-corrected chi connectivity index (χ0v) is 9.16. The zero-order valence-electron chi connectivity index (χ0n) is 9.16. The van der Waals surface area contributed by atoms with Crippen molar-refractivity contribution >= 4 is 5.91 Å². The highest BCUT2D eigenvalue weighted by Crippen LogP contribution is 2.05. The van der Waals surface area contributed by atoms with Crippen molar-refractivity contribution < 1.29 is 14.6 Å². The van der Waals surface area contributed by atoms with Crippen LogP contribution < -0.4 is 10.6 Å². The highest BCUT2D eigenvalue weighted by molar-refractivity contribution is 5.82. The molecular formula is C10H20N2O3. The quantitative estimate of drug-likeness (QED) is 0.511. The van der Waals surface area contributed by atoms with Crippen LogP contribution in [-0.4, -0.2) is 50.0 Å². The second-order valence-electron chi connectivity index (χ2n) is 3.84. The number of carbonyl (C=O) groups is 1. The lowest BCUT2D eigenvalue weighted by molar-refractivity contribution is -0.122. The second-order valence-corrected chi connectivity index (χ2v) is 3.84. The van der Waals surface area contributed by atoms with E-state index in [1.54, 1.807) is 7.11 Å². The van der Waals surface area contributed by atoms with Gasteiger partial charge in [-0.3, -0.25) is 4.79 Å². The molecule has 15 heavy (non-hydrogen) atoms. The number of hydrogen-bond donors (Lipinski definition) is 3. The zero-order chi connectivity index (χ0) is 11.1. The molecule has 3 N–H and O–H groups in total. The summed E-state index contributed by atoms with van der Waals surface area (Å²) in [6.45, 7) is 1.93. The summed E-state index contributed by atoms with van der Waals surface area (Å²) in [6, 6.07) is -0.220. The average molecular weight is 216 g/mol. The molecule has 0 radical (unpaired) electrons. The van der Waals surface area contributed by atoms with Crippen molar-refractivity contribution in [1.29, 1.82) is 0 Å². The van der Waals surface area contributed by atoms with E-state index in [2.05, 4.69) is 10.6 Å². The molecule has 1 rings (SSSR count). The number of nitrogens with one attached hydrogen (secondary N) is 2. The first-order valence-electron chi connectivity index (χ1n) is 5.42. The van der Waals surface area contributed by atoms with E-state index in [0.717, 1.165) is 19.4 Å². The third-order valence-electron chi connectivity index (χ3n) is 2.50. The molecule has 0 aromatic heterocycles. The number of ether oxygens (including phenoxy) is 1. The van der Waals surface area contributed by atoms with Crippen LogP contribution in [0.4, 0.5) is 0 Å². The molecule has 0 saturated carbocycles. The van der Waals surface area contributed by atoms with E-state index in [9.17, 15) is 9.90 Å². The Kier molecular flexibility index (Phi) is 5.60. The van der Waals surface area contributed by atoms with E-state index >= 15 is 0 Å². The molecule has 5 nitrogen and oxygen atoms in total. The molecule has 2 unspecified atom stereocenters. The summed E-state index contributed by atoms with van der Waals surface area (Å²) in [5.74, 6) is -0.0102. The minimum Gasteiger partial charge on any atom is -0.392 e. The Morgan fingerprint density at radius 3 is 3.00 bits per heavy atom. The Balaban J connectivity index is 2.03. The molecule has 1 aliphatic rings. The molecular weight excluding hydrogens is 196 g/mol. The maximum absolute atomic E-state index is 11.5. The molecule has 0 spiro atoms. The first kappa shape index (κ1) is 12.4. The lowest BCUT2D eigenvalue weighted by Crippen LogP contribution is -2.40. The van der Waals surface area contributed by atoms with E-state index in [1.165, 1.54) is 0 Å². The van der Waals surface area contributed by atoms with Crippen molar-refractivity contribution in [1.82, 2.24) is 10.6 Å². The molecule has 1 heterocycles. The molecule has 0 aromatic rings. The Morgan fingerprint density at radius 2 is 2.40 bits per heavy atom. The molecule has 1 fully saturated rings. The van der Waals surface area contributed by atoms with Crippen LogP contribution in [0.15, 0.2) is 0 Å². The number of rotatable bonds is 6. The number of aliphatic hydroxyl groups excluding tert-OH is 1. The molecule has 0 aliphatic carbocycles. The van der Waals surface area contributed by atoms with Crippen molar-refractivity contribution in [3.8, 4) is 0 Å². The van der Waals surface area contributed by atoms with Crippen LogP contribution in [0.2, 0.25) is 0 Å². The number of aliphatic hydroxyl groups is 1. The number of β-amino-alcohol motifs (C(OH)–C–C–N with tert-alkyl or cyclic N) is 1. The highest BCUT2D eigenvalue weighted by Gasteiger charge is 2.27. The molecule has 0 bridgehead atoms. The fourth-order valence-corrected chi connectivity index (χ4v) is 1.62. The van der Waals surface area contributed by atoms with Crippen LogP contribution >= 0.6 is 0 Å². The van der Waals surface area contributed by atoms with Crippen LogP contribution in [0.1, 0.15) is 19.3 Å². The Labute approximate surface area is 90.2 Å². The van der Waals surface area contributed by atoms with Crippen LogP contribution in [-0.2, 0) is 9.53 Å². The van der Waals surface area contributed by atoms with Crippen molar-refractivity contribution in [2.45, 2.75) is 31.4 Å². The summed E-state index contributed by atoms with van der Waals surface area (Å²) in [6.07, 6.45) is 2.02. The van der Waals surface area contributed by atoms with Crippen LogP contribution in [0.25, 0.3) is 0 Å². The van der Waals surface area contributed by atoms with Gasteiger partial charge in [-0.25, -0.2) is 0 Å². The van der Waals surface area contributed by atoms with Crippen LogP contribution in [0, 0.1) is 0 Å². The molecule has 1 amide bonds. The van der Waals surface area contributed by atoms with E-state index in [-0.39, 0.29) is 18.1 Å². The minimum absolute atomic E-state index is 0.0102. The van der Waals surface area contributed by atoms with Gasteiger partial charge in [0.25, 0.3) is 0 Å². The average Bonchev–Trinajstić information content (AvgIpc) is 2.64. The third kappa shape index (κ3) is 4.59. The number of hydrogen-bond acceptors (Lipinski definition) is 4. The smallest absolute Gasteiger partial charge is 0.237 e. The summed E-state index contributed by atoms with van der Waals surface area (Å²) in [4.78, 5) is 11.5. The number of carbonyl (C=O) groups excluding carboxylic acids is 1. The first-order valence-corrected chi connectivity index (χ1v) is 5.42. The molecule has 0 aromatic carbocycles. The molecule has 1 saturated heterocycles. The van der Waals surface area contributed by atoms with E-state index in [4.69, 9.17) is 4.74 Å². The maximum Gasteiger partial charge on any atom is 0.237 e. The van der Waals surface area contributed by atoms with Crippen LogP contribution in [0.3, 0.4) is 0 Å². The van der Waals surface area contributed by atoms with Crippen molar-refractivity contribution in [3.63, 3.8) is 0 Å². The number of methoxy groups -OCH3 is 1. The fourth-order valence-electron chi connectivity index (χ4n) is 1.62. The number of unbranched alkanes of at least 4 members (excludes halogenated alkanes) is 1. The van der Waals surface area contributed by atoms with Gasteiger partial charge in [0.1, 0.15) is 0 Å². The van der Waals surface area contributed by atoms with Gasteiger partial charge in [-0.05, 0) is 19.3 Å². The summed E-state index contributed by atoms with van der Waals surface area (Å²) in [5.41, 5.74) is 0. The topological polar surface area (TPSA) is 70.6 Å². The largest absolute Gasteiger partial charge is 0.392 e. The van der Waals surface area contributed by atoms with Crippen molar-refractivity contribution in [2.24, 2.45) is 0 Å². The minimum atomic E-state index is -0.380. The van der Waals surface area contributed by atoms with Gasteiger partial charge in [-0.15, -0.1) is 0 Å². The van der Waals surface area contributed by atoms with Gasteiger partial charge in [0.2, 0.25) is 5.91 Å². The third-order valence-corrected chi connectivity index (χ3v) is 2.50. The molecule has 1 aliphatic heterocycles. The fraction of sp³-hybridized carbons (Fsp3) is 0.900.